The lowest BCUT2D eigenvalue weighted by atomic mass is 10.3. The van der Waals surface area contributed by atoms with Crippen LogP contribution >= 0.6 is 11.3 Å². The molecule has 78 valence electrons. The first-order chi connectivity index (χ1) is 6.67. The lowest BCUT2D eigenvalue weighted by Gasteiger charge is -2.11. The molecule has 0 spiro atoms. The SMILES string of the molecule is Cc1ccc(C(=O)NC(CO)CO)s1. The van der Waals surface area contributed by atoms with Gasteiger partial charge in [-0.25, -0.2) is 0 Å². The molecule has 1 heterocycles. The predicted molar refractivity (Wildman–Crippen MR) is 54.5 cm³/mol. The first-order valence-corrected chi connectivity index (χ1v) is 5.08. The van der Waals surface area contributed by atoms with Crippen LogP contribution in [0.5, 0.6) is 0 Å². The minimum Gasteiger partial charge on any atom is -0.394 e. The number of hydrogen-bond acceptors (Lipinski definition) is 4. The van der Waals surface area contributed by atoms with E-state index in [4.69, 9.17) is 10.2 Å². The third-order valence-electron chi connectivity index (χ3n) is 1.74. The molecule has 0 aliphatic carbocycles. The summed E-state index contributed by atoms with van der Waals surface area (Å²) < 4.78 is 0. The first-order valence-electron chi connectivity index (χ1n) is 4.26. The van der Waals surface area contributed by atoms with E-state index in [2.05, 4.69) is 5.32 Å². The zero-order valence-electron chi connectivity index (χ0n) is 7.86. The van der Waals surface area contributed by atoms with Crippen LogP contribution < -0.4 is 5.32 Å². The van der Waals surface area contributed by atoms with Gasteiger partial charge < -0.3 is 15.5 Å². The van der Waals surface area contributed by atoms with Gasteiger partial charge in [0.05, 0.1) is 24.1 Å². The monoisotopic (exact) mass is 215 g/mol. The maximum absolute atomic E-state index is 11.5. The summed E-state index contributed by atoms with van der Waals surface area (Å²) in [6.45, 7) is 1.40. The van der Waals surface area contributed by atoms with Crippen LogP contribution in [0.1, 0.15) is 14.5 Å². The molecule has 14 heavy (non-hydrogen) atoms. The standard InChI is InChI=1S/C9H13NO3S/c1-6-2-3-8(14-6)9(13)10-7(4-11)5-12/h2-3,7,11-12H,4-5H2,1H3,(H,10,13). The van der Waals surface area contributed by atoms with Crippen LogP contribution in [0.25, 0.3) is 0 Å². The molecule has 0 saturated carbocycles. The van der Waals surface area contributed by atoms with Crippen LogP contribution in [0, 0.1) is 6.92 Å². The molecule has 1 aromatic rings. The van der Waals surface area contributed by atoms with Crippen molar-refractivity contribution < 1.29 is 15.0 Å². The number of thiophene rings is 1. The number of carbonyl (C=O) groups is 1. The third kappa shape index (κ3) is 2.80. The maximum atomic E-state index is 11.5. The first kappa shape index (κ1) is 11.2. The topological polar surface area (TPSA) is 69.6 Å². The van der Waals surface area contributed by atoms with Crippen molar-refractivity contribution in [1.82, 2.24) is 5.32 Å². The van der Waals surface area contributed by atoms with Gasteiger partial charge in [-0.2, -0.15) is 0 Å². The number of carbonyl (C=O) groups excluding carboxylic acids is 1. The Morgan fingerprint density at radius 2 is 2.14 bits per heavy atom. The Bertz CT molecular complexity index is 307. The number of aliphatic hydroxyl groups is 2. The molecule has 1 amide bonds. The number of rotatable bonds is 4. The lowest BCUT2D eigenvalue weighted by molar-refractivity contribution is 0.0883. The molecule has 1 rings (SSSR count). The molecule has 5 heteroatoms. The Balaban J connectivity index is 2.58. The summed E-state index contributed by atoms with van der Waals surface area (Å²) in [6.07, 6.45) is 0. The molecule has 0 unspecified atom stereocenters. The highest BCUT2D eigenvalue weighted by molar-refractivity contribution is 7.13. The van der Waals surface area contributed by atoms with Crippen LogP contribution in [-0.2, 0) is 0 Å². The van der Waals surface area contributed by atoms with Crippen molar-refractivity contribution in [3.05, 3.63) is 21.9 Å². The molecular weight excluding hydrogens is 202 g/mol. The summed E-state index contributed by atoms with van der Waals surface area (Å²) in [4.78, 5) is 13.1. The minimum absolute atomic E-state index is 0.254. The molecule has 3 N–H and O–H groups in total. The second kappa shape index (κ2) is 5.09. The summed E-state index contributed by atoms with van der Waals surface area (Å²) in [5.74, 6) is -0.254. The van der Waals surface area contributed by atoms with Gasteiger partial charge in [0.1, 0.15) is 0 Å². The van der Waals surface area contributed by atoms with E-state index in [1.165, 1.54) is 11.3 Å². The van der Waals surface area contributed by atoms with E-state index in [-0.39, 0.29) is 19.1 Å². The normalized spacial score (nSPS) is 10.6. The van der Waals surface area contributed by atoms with Crippen molar-refractivity contribution in [2.24, 2.45) is 0 Å². The summed E-state index contributed by atoms with van der Waals surface area (Å²) in [5, 5.41) is 20.0. The Kier molecular flexibility index (Phi) is 4.06. The zero-order chi connectivity index (χ0) is 10.6. The van der Waals surface area contributed by atoms with Gasteiger partial charge in [0.2, 0.25) is 0 Å². The van der Waals surface area contributed by atoms with Crippen molar-refractivity contribution in [1.29, 1.82) is 0 Å². The van der Waals surface area contributed by atoms with E-state index in [0.29, 0.717) is 4.88 Å². The molecule has 0 radical (unpaired) electrons. The summed E-state index contributed by atoms with van der Waals surface area (Å²) >= 11 is 1.38. The smallest absolute Gasteiger partial charge is 0.261 e. The fourth-order valence-corrected chi connectivity index (χ4v) is 1.73. The lowest BCUT2D eigenvalue weighted by Crippen LogP contribution is -2.39. The molecule has 0 fully saturated rings. The Hall–Kier alpha value is -0.910. The minimum atomic E-state index is -0.579. The van der Waals surface area contributed by atoms with E-state index in [1.54, 1.807) is 6.07 Å². The quantitative estimate of drug-likeness (QED) is 0.669. The average molecular weight is 215 g/mol. The second-order valence-corrected chi connectivity index (χ2v) is 4.23. The average Bonchev–Trinajstić information content (AvgIpc) is 2.61. The molecule has 0 aromatic carbocycles. The van der Waals surface area contributed by atoms with Gasteiger partial charge in [0, 0.05) is 4.88 Å². The molecule has 0 saturated heterocycles. The molecule has 0 aliphatic heterocycles. The summed E-state index contributed by atoms with van der Waals surface area (Å²) in [6, 6.07) is 3.00. The Labute approximate surface area is 86.2 Å². The van der Waals surface area contributed by atoms with E-state index >= 15 is 0 Å². The number of aryl methyl sites for hydroxylation is 1. The largest absolute Gasteiger partial charge is 0.394 e. The maximum Gasteiger partial charge on any atom is 0.261 e. The summed E-state index contributed by atoms with van der Waals surface area (Å²) in [5.41, 5.74) is 0. The van der Waals surface area contributed by atoms with Crippen molar-refractivity contribution in [3.8, 4) is 0 Å². The van der Waals surface area contributed by atoms with Crippen molar-refractivity contribution in [3.63, 3.8) is 0 Å². The molecule has 1 aromatic heterocycles. The molecule has 0 bridgehead atoms. The zero-order valence-corrected chi connectivity index (χ0v) is 8.67. The van der Waals surface area contributed by atoms with Gasteiger partial charge in [-0.15, -0.1) is 11.3 Å². The van der Waals surface area contributed by atoms with Crippen molar-refractivity contribution in [2.45, 2.75) is 13.0 Å². The van der Waals surface area contributed by atoms with Gasteiger partial charge in [0.25, 0.3) is 5.91 Å². The van der Waals surface area contributed by atoms with Crippen LogP contribution in [0.4, 0.5) is 0 Å². The number of hydrogen-bond donors (Lipinski definition) is 3. The van der Waals surface area contributed by atoms with Crippen LogP contribution in [0.2, 0.25) is 0 Å². The second-order valence-electron chi connectivity index (χ2n) is 2.95. The van der Waals surface area contributed by atoms with E-state index in [9.17, 15) is 4.79 Å². The highest BCUT2D eigenvalue weighted by atomic mass is 32.1. The molecule has 0 aliphatic rings. The fourth-order valence-electron chi connectivity index (χ4n) is 0.962. The molecule has 0 atom stereocenters. The van der Waals surface area contributed by atoms with Crippen molar-refractivity contribution >= 4 is 17.2 Å². The van der Waals surface area contributed by atoms with E-state index in [1.807, 2.05) is 13.0 Å². The Morgan fingerprint density at radius 3 is 2.57 bits per heavy atom. The fraction of sp³-hybridized carbons (Fsp3) is 0.444. The molecular formula is C9H13NO3S. The highest BCUT2D eigenvalue weighted by Gasteiger charge is 2.12. The van der Waals surface area contributed by atoms with Gasteiger partial charge in [-0.1, -0.05) is 0 Å². The van der Waals surface area contributed by atoms with E-state index in [0.717, 1.165) is 4.88 Å². The predicted octanol–water partition coefficient (Wildman–Crippen LogP) is 0.140. The third-order valence-corrected chi connectivity index (χ3v) is 2.74. The molecule has 4 nitrogen and oxygen atoms in total. The van der Waals surface area contributed by atoms with E-state index < -0.39 is 6.04 Å². The van der Waals surface area contributed by atoms with Crippen LogP contribution in [-0.4, -0.2) is 35.4 Å². The van der Waals surface area contributed by atoms with Gasteiger partial charge in [-0.05, 0) is 19.1 Å². The van der Waals surface area contributed by atoms with Gasteiger partial charge in [-0.3, -0.25) is 4.79 Å². The number of aliphatic hydroxyl groups excluding tert-OH is 2. The Morgan fingerprint density at radius 1 is 1.50 bits per heavy atom. The number of amides is 1. The highest BCUT2D eigenvalue weighted by Crippen LogP contribution is 2.14. The van der Waals surface area contributed by atoms with Crippen molar-refractivity contribution in [2.75, 3.05) is 13.2 Å². The van der Waals surface area contributed by atoms with Crippen LogP contribution in [0.3, 0.4) is 0 Å². The van der Waals surface area contributed by atoms with Gasteiger partial charge in [0.15, 0.2) is 0 Å². The summed E-state index contributed by atoms with van der Waals surface area (Å²) in [7, 11) is 0. The van der Waals surface area contributed by atoms with Crippen LogP contribution in [0.15, 0.2) is 12.1 Å². The van der Waals surface area contributed by atoms with Gasteiger partial charge >= 0.3 is 0 Å². The number of nitrogens with one attached hydrogen (secondary N) is 1.